The van der Waals surface area contributed by atoms with Crippen LogP contribution in [0, 0.1) is 5.92 Å². The van der Waals surface area contributed by atoms with Gasteiger partial charge in [0, 0.05) is 17.4 Å². The minimum atomic E-state index is -0.412. The molecule has 2 rings (SSSR count). The van der Waals surface area contributed by atoms with Crippen LogP contribution in [0.15, 0.2) is 18.2 Å². The number of anilines is 2. The van der Waals surface area contributed by atoms with Gasteiger partial charge in [0.2, 0.25) is 0 Å². The molecular formula is C15H23N3O. The predicted molar refractivity (Wildman–Crippen MR) is 79.0 cm³/mol. The maximum absolute atomic E-state index is 11.4. The van der Waals surface area contributed by atoms with E-state index in [1.54, 1.807) is 18.2 Å². The van der Waals surface area contributed by atoms with Gasteiger partial charge in [-0.05, 0) is 37.0 Å². The number of nitrogens with two attached hydrogens (primary N) is 2. The standard InChI is InChI=1S/C15H23N3O/c1-2-10-4-3-5-12(8-10)18-14-9-11(16)6-7-13(14)15(17)19/h6-7,9-10,12,18H,2-5,8,16H2,1H3,(H2,17,19). The second-order valence-corrected chi connectivity index (χ2v) is 5.45. The SMILES string of the molecule is CCC1CCCC(Nc2cc(N)ccc2C(N)=O)C1. The number of carbonyl (C=O) groups excluding carboxylic acids is 1. The predicted octanol–water partition coefficient (Wildman–Crippen LogP) is 2.75. The number of benzene rings is 1. The van der Waals surface area contributed by atoms with Gasteiger partial charge in [0.05, 0.1) is 5.56 Å². The normalized spacial score (nSPS) is 23.0. The zero-order valence-corrected chi connectivity index (χ0v) is 11.5. The van der Waals surface area contributed by atoms with Gasteiger partial charge < -0.3 is 16.8 Å². The molecular weight excluding hydrogens is 238 g/mol. The number of nitrogens with one attached hydrogen (secondary N) is 1. The highest BCUT2D eigenvalue weighted by Gasteiger charge is 2.21. The van der Waals surface area contributed by atoms with Crippen LogP contribution in [0.25, 0.3) is 0 Å². The fourth-order valence-electron chi connectivity index (χ4n) is 2.91. The molecule has 0 spiro atoms. The topological polar surface area (TPSA) is 81.1 Å². The van der Waals surface area contributed by atoms with Crippen molar-refractivity contribution >= 4 is 17.3 Å². The van der Waals surface area contributed by atoms with Crippen molar-refractivity contribution in [1.82, 2.24) is 0 Å². The van der Waals surface area contributed by atoms with Crippen molar-refractivity contribution in [2.75, 3.05) is 11.1 Å². The molecule has 1 saturated carbocycles. The monoisotopic (exact) mass is 261 g/mol. The van der Waals surface area contributed by atoms with Gasteiger partial charge in [-0.15, -0.1) is 0 Å². The molecule has 1 aromatic rings. The Morgan fingerprint density at radius 1 is 1.42 bits per heavy atom. The first-order chi connectivity index (χ1) is 9.10. The van der Waals surface area contributed by atoms with Gasteiger partial charge in [-0.25, -0.2) is 0 Å². The van der Waals surface area contributed by atoms with E-state index in [4.69, 9.17) is 11.5 Å². The number of hydrogen-bond donors (Lipinski definition) is 3. The van der Waals surface area contributed by atoms with Gasteiger partial charge in [-0.1, -0.05) is 26.2 Å². The minimum Gasteiger partial charge on any atom is -0.399 e. The summed E-state index contributed by atoms with van der Waals surface area (Å²) in [7, 11) is 0. The lowest BCUT2D eigenvalue weighted by Gasteiger charge is -2.30. The average Bonchev–Trinajstić information content (AvgIpc) is 2.38. The van der Waals surface area contributed by atoms with Crippen molar-refractivity contribution in [1.29, 1.82) is 0 Å². The quantitative estimate of drug-likeness (QED) is 0.729. The average molecular weight is 261 g/mol. The summed E-state index contributed by atoms with van der Waals surface area (Å²) in [5.41, 5.74) is 13.1. The summed E-state index contributed by atoms with van der Waals surface area (Å²) in [4.78, 5) is 11.4. The highest BCUT2D eigenvalue weighted by atomic mass is 16.1. The van der Waals surface area contributed by atoms with Gasteiger partial charge in [0.15, 0.2) is 0 Å². The third-order valence-electron chi connectivity index (χ3n) is 4.03. The van der Waals surface area contributed by atoms with Crippen molar-refractivity contribution in [2.24, 2.45) is 11.7 Å². The van der Waals surface area contributed by atoms with E-state index in [0.717, 1.165) is 24.4 Å². The van der Waals surface area contributed by atoms with E-state index in [9.17, 15) is 4.79 Å². The van der Waals surface area contributed by atoms with E-state index in [1.807, 2.05) is 0 Å². The Balaban J connectivity index is 2.13. The molecule has 1 aliphatic carbocycles. The third-order valence-corrected chi connectivity index (χ3v) is 4.03. The first kappa shape index (κ1) is 13.7. The van der Waals surface area contributed by atoms with Crippen LogP contribution in [-0.2, 0) is 0 Å². The highest BCUT2D eigenvalue weighted by Crippen LogP contribution is 2.30. The van der Waals surface area contributed by atoms with Crippen LogP contribution < -0.4 is 16.8 Å². The minimum absolute atomic E-state index is 0.412. The smallest absolute Gasteiger partial charge is 0.250 e. The van der Waals surface area contributed by atoms with Crippen LogP contribution in [0.2, 0.25) is 0 Å². The summed E-state index contributed by atoms with van der Waals surface area (Å²) >= 11 is 0. The Labute approximate surface area is 114 Å². The maximum Gasteiger partial charge on any atom is 0.250 e. The summed E-state index contributed by atoms with van der Waals surface area (Å²) in [6.45, 7) is 2.24. The number of rotatable bonds is 4. The van der Waals surface area contributed by atoms with E-state index < -0.39 is 5.91 Å². The van der Waals surface area contributed by atoms with E-state index in [-0.39, 0.29) is 0 Å². The number of primary amides is 1. The van der Waals surface area contributed by atoms with Crippen LogP contribution >= 0.6 is 0 Å². The van der Waals surface area contributed by atoms with Crippen molar-refractivity contribution in [3.05, 3.63) is 23.8 Å². The Morgan fingerprint density at radius 2 is 2.21 bits per heavy atom. The van der Waals surface area contributed by atoms with Gasteiger partial charge >= 0.3 is 0 Å². The molecule has 0 aliphatic heterocycles. The van der Waals surface area contributed by atoms with Crippen LogP contribution in [0.1, 0.15) is 49.4 Å². The first-order valence-electron chi connectivity index (χ1n) is 7.06. The van der Waals surface area contributed by atoms with Crippen molar-refractivity contribution in [3.8, 4) is 0 Å². The fourth-order valence-corrected chi connectivity index (χ4v) is 2.91. The Hall–Kier alpha value is -1.71. The molecule has 1 amide bonds. The lowest BCUT2D eigenvalue weighted by molar-refractivity contribution is 0.100. The van der Waals surface area contributed by atoms with Crippen molar-refractivity contribution in [3.63, 3.8) is 0 Å². The molecule has 104 valence electrons. The molecule has 4 heteroatoms. The third kappa shape index (κ3) is 3.40. The molecule has 1 fully saturated rings. The molecule has 0 bridgehead atoms. The lowest BCUT2D eigenvalue weighted by Crippen LogP contribution is -2.28. The van der Waals surface area contributed by atoms with E-state index in [0.29, 0.717) is 17.3 Å². The van der Waals surface area contributed by atoms with Crippen molar-refractivity contribution < 1.29 is 4.79 Å². The van der Waals surface area contributed by atoms with Gasteiger partial charge in [0.25, 0.3) is 5.91 Å². The van der Waals surface area contributed by atoms with Gasteiger partial charge in [-0.3, -0.25) is 4.79 Å². The molecule has 0 saturated heterocycles. The molecule has 1 aliphatic rings. The summed E-state index contributed by atoms with van der Waals surface area (Å²) < 4.78 is 0. The summed E-state index contributed by atoms with van der Waals surface area (Å²) in [5, 5.41) is 3.46. The second-order valence-electron chi connectivity index (χ2n) is 5.45. The molecule has 0 aromatic heterocycles. The highest BCUT2D eigenvalue weighted by molar-refractivity contribution is 5.99. The van der Waals surface area contributed by atoms with Crippen LogP contribution in [-0.4, -0.2) is 11.9 Å². The van der Waals surface area contributed by atoms with Crippen LogP contribution in [0.3, 0.4) is 0 Å². The first-order valence-corrected chi connectivity index (χ1v) is 7.06. The molecule has 1 aromatic carbocycles. The molecule has 5 N–H and O–H groups in total. The summed E-state index contributed by atoms with van der Waals surface area (Å²) in [6.07, 6.45) is 6.07. The largest absolute Gasteiger partial charge is 0.399 e. The Bertz CT molecular complexity index is 459. The van der Waals surface area contributed by atoms with E-state index in [2.05, 4.69) is 12.2 Å². The maximum atomic E-state index is 11.4. The molecule has 0 heterocycles. The van der Waals surface area contributed by atoms with Gasteiger partial charge in [0.1, 0.15) is 0 Å². The van der Waals surface area contributed by atoms with E-state index in [1.165, 1.54) is 19.3 Å². The number of carbonyl (C=O) groups is 1. The molecule has 4 nitrogen and oxygen atoms in total. The number of nitrogen functional groups attached to an aromatic ring is 1. The van der Waals surface area contributed by atoms with Crippen LogP contribution in [0.4, 0.5) is 11.4 Å². The Morgan fingerprint density at radius 3 is 2.89 bits per heavy atom. The van der Waals surface area contributed by atoms with Gasteiger partial charge in [-0.2, -0.15) is 0 Å². The molecule has 19 heavy (non-hydrogen) atoms. The molecule has 2 unspecified atom stereocenters. The summed E-state index contributed by atoms with van der Waals surface area (Å²) in [5.74, 6) is 0.370. The second kappa shape index (κ2) is 5.95. The van der Waals surface area contributed by atoms with Crippen LogP contribution in [0.5, 0.6) is 0 Å². The lowest BCUT2D eigenvalue weighted by atomic mass is 9.84. The molecule has 2 atom stereocenters. The fraction of sp³-hybridized carbons (Fsp3) is 0.533. The Kier molecular flexibility index (Phi) is 4.30. The molecule has 0 radical (unpaired) electrons. The summed E-state index contributed by atoms with van der Waals surface area (Å²) in [6, 6.07) is 5.62. The number of amides is 1. The van der Waals surface area contributed by atoms with Crippen molar-refractivity contribution in [2.45, 2.75) is 45.1 Å². The number of hydrogen-bond acceptors (Lipinski definition) is 3. The van der Waals surface area contributed by atoms with E-state index >= 15 is 0 Å². The zero-order chi connectivity index (χ0) is 13.8. The zero-order valence-electron chi connectivity index (χ0n) is 11.5.